The van der Waals surface area contributed by atoms with Crippen molar-refractivity contribution in [1.82, 2.24) is 30.5 Å². The molecule has 1 amide bonds. The number of halogens is 9. The highest BCUT2D eigenvalue weighted by molar-refractivity contribution is 7.92. The first kappa shape index (κ1) is 36.9. The number of sulfonamides is 1. The summed E-state index contributed by atoms with van der Waals surface area (Å²) in [6.45, 7) is 2.48. The smallest absolute Gasteiger partial charge is 0.346 e. The summed E-state index contributed by atoms with van der Waals surface area (Å²) in [5, 5.41) is 7.53. The number of allylic oxidation sites excluding steroid dienone is 2. The largest absolute Gasteiger partial charge is 0.409 e. The van der Waals surface area contributed by atoms with Crippen LogP contribution in [0.15, 0.2) is 65.9 Å². The predicted octanol–water partition coefficient (Wildman–Crippen LogP) is 6.45. The Morgan fingerprint density at radius 1 is 1.09 bits per heavy atom. The van der Waals surface area contributed by atoms with Gasteiger partial charge in [-0.3, -0.25) is 19.2 Å². The highest BCUT2D eigenvalue weighted by atomic mass is 35.5. The zero-order chi connectivity index (χ0) is 38.5. The maximum atomic E-state index is 15.5. The molecular weight excluding hydrogens is 778 g/mol. The summed E-state index contributed by atoms with van der Waals surface area (Å²) in [4.78, 5) is 18.2. The first-order valence-corrected chi connectivity index (χ1v) is 18.3. The molecule has 2 aliphatic carbocycles. The molecule has 1 saturated carbocycles. The Kier molecular flexibility index (Phi) is 8.78. The van der Waals surface area contributed by atoms with Gasteiger partial charge in [-0.1, -0.05) is 41.4 Å². The van der Waals surface area contributed by atoms with Crippen LogP contribution in [0.4, 0.5) is 36.6 Å². The Morgan fingerprint density at radius 2 is 1.75 bits per heavy atom. The number of anilines is 1. The van der Waals surface area contributed by atoms with Gasteiger partial charge in [-0.05, 0) is 47.9 Å². The monoisotopic (exact) mass is 803 g/mol. The third kappa shape index (κ3) is 6.59. The predicted molar refractivity (Wildman–Crippen MR) is 181 cm³/mol. The first-order chi connectivity index (χ1) is 24.7. The number of rotatable bonds is 9. The minimum Gasteiger partial charge on any atom is -0.346 e. The lowest BCUT2D eigenvalue weighted by Gasteiger charge is -2.29. The molecule has 20 heteroatoms. The molecule has 1 aliphatic heterocycles. The number of aromatic nitrogens is 3. The molecule has 10 nitrogen and oxygen atoms in total. The minimum atomic E-state index is -4.98. The fourth-order valence-corrected chi connectivity index (χ4v) is 8.18. The van der Waals surface area contributed by atoms with Crippen molar-refractivity contribution in [3.05, 3.63) is 99.0 Å². The molecule has 1 unspecified atom stereocenters. The SMILES string of the molecule is C=C1[C@@H]2C3=C(N(CC(=O)N[C@@H](Cc4cc(F)cc(F)c4)c4nc(Cl)ccc4-c4ccc(Cl)c5c(NS(C)(=O)=O)nn(C)c45)NC3C(F)(F)F)C(F)(F)[C@H]12. The second-order valence-electron chi connectivity index (χ2n) is 13.0. The van der Waals surface area contributed by atoms with E-state index in [0.29, 0.717) is 22.2 Å². The number of nitrogens with one attached hydrogen (secondary N) is 3. The maximum absolute atomic E-state index is 15.5. The third-order valence-corrected chi connectivity index (χ3v) is 10.4. The van der Waals surface area contributed by atoms with Gasteiger partial charge in [0.2, 0.25) is 15.9 Å². The van der Waals surface area contributed by atoms with E-state index in [1.165, 1.54) is 29.9 Å². The Hall–Kier alpha value is -4.39. The average molecular weight is 805 g/mol. The van der Waals surface area contributed by atoms with Gasteiger partial charge in [0.05, 0.1) is 39.8 Å². The molecule has 4 atom stereocenters. The van der Waals surface area contributed by atoms with Crippen molar-refractivity contribution < 1.29 is 43.9 Å². The molecule has 7 rings (SSSR count). The van der Waals surface area contributed by atoms with Gasteiger partial charge in [0.25, 0.3) is 5.92 Å². The number of hydrazine groups is 1. The number of amides is 1. The number of carbonyl (C=O) groups is 1. The standard InChI is InChI=1S/C33H26Cl2F7N7O3S/c1-13-23-25-29(33(40,41)42)45-49(30(25)32(38,39)26(13)23)12-22(50)43-20(10-14-8-15(36)11-16(37)9-14)27-17(5-7-21(35)44-27)18-4-6-19(34)24-28(18)48(2)46-31(24)47-53(3,51)52/h4-9,11,20,23,26,29,45H,1,10,12H2,2-3H3,(H,43,50)(H,46,47)/t20-,23+,26+,29?/m0/s1. The van der Waals surface area contributed by atoms with Crippen LogP contribution < -0.4 is 15.5 Å². The fourth-order valence-electron chi connectivity index (χ4n) is 7.29. The molecular formula is C33H26Cl2F7N7O3S. The van der Waals surface area contributed by atoms with E-state index >= 15 is 8.78 Å². The van der Waals surface area contributed by atoms with Crippen LogP contribution >= 0.6 is 23.2 Å². The summed E-state index contributed by atoms with van der Waals surface area (Å²) < 4.78 is 130. The number of hydrogen-bond donors (Lipinski definition) is 3. The summed E-state index contributed by atoms with van der Waals surface area (Å²) in [7, 11) is -2.31. The highest BCUT2D eigenvalue weighted by Crippen LogP contribution is 2.68. The number of fused-ring (bicyclic) bond motifs is 3. The molecule has 3 N–H and O–H groups in total. The molecule has 0 radical (unpaired) electrons. The van der Waals surface area contributed by atoms with Crippen LogP contribution in [0.3, 0.4) is 0 Å². The summed E-state index contributed by atoms with van der Waals surface area (Å²) in [5.74, 6) is -9.52. The molecule has 2 aromatic heterocycles. The van der Waals surface area contributed by atoms with E-state index in [2.05, 4.69) is 26.7 Å². The quantitative estimate of drug-likeness (QED) is 0.101. The number of benzene rings is 2. The lowest BCUT2D eigenvalue weighted by atomic mass is 9.94. The van der Waals surface area contributed by atoms with E-state index < -0.39 is 81.4 Å². The summed E-state index contributed by atoms with van der Waals surface area (Å²) in [6.07, 6.45) is -4.42. The van der Waals surface area contributed by atoms with Crippen molar-refractivity contribution in [1.29, 1.82) is 0 Å². The number of aryl methyl sites for hydroxylation is 1. The molecule has 3 aliphatic rings. The van der Waals surface area contributed by atoms with Gasteiger partial charge in [0, 0.05) is 30.2 Å². The van der Waals surface area contributed by atoms with Gasteiger partial charge in [-0.15, -0.1) is 0 Å². The zero-order valence-corrected chi connectivity index (χ0v) is 29.6. The van der Waals surface area contributed by atoms with Gasteiger partial charge in [0.15, 0.2) is 5.82 Å². The first-order valence-electron chi connectivity index (χ1n) is 15.6. The van der Waals surface area contributed by atoms with Crippen LogP contribution in [-0.4, -0.2) is 65.0 Å². The number of pyridine rings is 1. The Morgan fingerprint density at radius 3 is 2.40 bits per heavy atom. The molecule has 2 aromatic carbocycles. The van der Waals surface area contributed by atoms with Crippen molar-refractivity contribution in [3.63, 3.8) is 0 Å². The van der Waals surface area contributed by atoms with Gasteiger partial charge in [-0.2, -0.15) is 27.1 Å². The Balaban J connectivity index is 1.30. The molecule has 4 aromatic rings. The third-order valence-electron chi connectivity index (χ3n) is 9.26. The van der Waals surface area contributed by atoms with Crippen molar-refractivity contribution in [3.8, 4) is 11.1 Å². The van der Waals surface area contributed by atoms with Crippen LogP contribution in [0, 0.1) is 23.5 Å². The maximum Gasteiger partial charge on any atom is 0.409 e. The summed E-state index contributed by atoms with van der Waals surface area (Å²) >= 11 is 12.8. The Bertz CT molecular complexity index is 2370. The van der Waals surface area contributed by atoms with Gasteiger partial charge in [0.1, 0.15) is 35.1 Å². The molecule has 1 fully saturated rings. The van der Waals surface area contributed by atoms with Crippen LogP contribution in [0.25, 0.3) is 22.0 Å². The van der Waals surface area contributed by atoms with Crippen LogP contribution in [-0.2, 0) is 28.3 Å². The topological polar surface area (TPSA) is 121 Å². The van der Waals surface area contributed by atoms with Crippen LogP contribution in [0.2, 0.25) is 10.2 Å². The van der Waals surface area contributed by atoms with Crippen LogP contribution in [0.1, 0.15) is 17.3 Å². The minimum absolute atomic E-state index is 0.0100. The second kappa shape index (κ2) is 12.6. The number of alkyl halides is 5. The van der Waals surface area contributed by atoms with Crippen LogP contribution in [0.5, 0.6) is 0 Å². The van der Waals surface area contributed by atoms with Crippen molar-refractivity contribution in [2.75, 3.05) is 17.5 Å². The lowest BCUT2D eigenvalue weighted by molar-refractivity contribution is -0.155. The van der Waals surface area contributed by atoms with Gasteiger partial charge >= 0.3 is 6.18 Å². The van der Waals surface area contributed by atoms with E-state index in [4.69, 9.17) is 23.2 Å². The van der Waals surface area contributed by atoms with Crippen molar-refractivity contribution in [2.24, 2.45) is 18.9 Å². The second-order valence-corrected chi connectivity index (χ2v) is 15.5. The number of hydrogen-bond acceptors (Lipinski definition) is 7. The zero-order valence-electron chi connectivity index (χ0n) is 27.3. The van der Waals surface area contributed by atoms with Crippen molar-refractivity contribution in [2.45, 2.75) is 30.6 Å². The van der Waals surface area contributed by atoms with Crippen molar-refractivity contribution >= 4 is 55.9 Å². The van der Waals surface area contributed by atoms with Gasteiger partial charge in [-0.25, -0.2) is 27.6 Å². The molecule has 280 valence electrons. The molecule has 0 saturated heterocycles. The van der Waals surface area contributed by atoms with E-state index in [-0.39, 0.29) is 50.2 Å². The normalized spacial score (nSPS) is 21.2. The summed E-state index contributed by atoms with van der Waals surface area (Å²) in [6, 6.07) is 4.68. The molecule has 0 spiro atoms. The van der Waals surface area contributed by atoms with E-state index in [9.17, 15) is 35.2 Å². The van der Waals surface area contributed by atoms with E-state index in [1.54, 1.807) is 6.07 Å². The fraction of sp³-hybridized carbons (Fsp3) is 0.303. The summed E-state index contributed by atoms with van der Waals surface area (Å²) in [5.41, 5.74) is 1.31. The number of nitrogens with zero attached hydrogens (tertiary/aromatic N) is 4. The number of carbonyl (C=O) groups excluding carboxylic acids is 1. The van der Waals surface area contributed by atoms with E-state index in [1.807, 2.05) is 5.43 Å². The Labute approximate surface area is 306 Å². The lowest BCUT2D eigenvalue weighted by Crippen LogP contribution is -2.51. The highest BCUT2D eigenvalue weighted by Gasteiger charge is 2.74. The molecule has 0 bridgehead atoms. The van der Waals surface area contributed by atoms with Gasteiger partial charge < -0.3 is 5.32 Å². The molecule has 3 heterocycles. The average Bonchev–Trinajstić information content (AvgIpc) is 3.26. The van der Waals surface area contributed by atoms with E-state index in [0.717, 1.165) is 18.4 Å². The molecule has 53 heavy (non-hydrogen) atoms.